The van der Waals surface area contributed by atoms with E-state index in [2.05, 4.69) is 5.32 Å². The number of carboxylic acid groups (broad SMARTS) is 1. The van der Waals surface area contributed by atoms with Crippen molar-refractivity contribution >= 4 is 29.3 Å². The number of aliphatic carboxylic acids is 1. The van der Waals surface area contributed by atoms with E-state index in [0.717, 1.165) is 0 Å². The average molecular weight is 268 g/mol. The Kier molecular flexibility index (Phi) is 5.51. The molecule has 98 valence electrons. The molecule has 0 aliphatic rings. The van der Waals surface area contributed by atoms with Gasteiger partial charge in [-0.15, -0.1) is 0 Å². The summed E-state index contributed by atoms with van der Waals surface area (Å²) < 4.78 is 0. The topological polar surface area (TPSA) is 92.4 Å². The van der Waals surface area contributed by atoms with Crippen LogP contribution in [0.2, 0.25) is 0 Å². The van der Waals surface area contributed by atoms with Crippen molar-refractivity contribution in [3.05, 3.63) is 29.8 Å². The number of nitrogens with two attached hydrogens (primary N) is 1. The van der Waals surface area contributed by atoms with Crippen LogP contribution >= 0.6 is 11.8 Å². The van der Waals surface area contributed by atoms with E-state index >= 15 is 0 Å². The molecule has 0 aliphatic carbocycles. The van der Waals surface area contributed by atoms with E-state index in [1.165, 1.54) is 11.8 Å². The van der Waals surface area contributed by atoms with Crippen molar-refractivity contribution in [2.45, 2.75) is 12.5 Å². The molecule has 0 aliphatic heterocycles. The molecule has 1 amide bonds. The van der Waals surface area contributed by atoms with Crippen molar-refractivity contribution in [2.75, 3.05) is 17.7 Å². The molecule has 0 bridgehead atoms. The van der Waals surface area contributed by atoms with E-state index < -0.39 is 17.9 Å². The molecule has 0 fully saturated rings. The van der Waals surface area contributed by atoms with Crippen LogP contribution in [-0.4, -0.2) is 35.0 Å². The van der Waals surface area contributed by atoms with Crippen LogP contribution in [0.5, 0.6) is 0 Å². The number of para-hydroxylation sites is 1. The minimum Gasteiger partial charge on any atom is -0.480 e. The number of carbonyl (C=O) groups excluding carboxylic acids is 1. The first-order valence-electron chi connectivity index (χ1n) is 5.43. The first kappa shape index (κ1) is 14.4. The minimum atomic E-state index is -1.04. The first-order chi connectivity index (χ1) is 8.56. The summed E-state index contributed by atoms with van der Waals surface area (Å²) in [5, 5.41) is 11.5. The Morgan fingerprint density at radius 1 is 1.44 bits per heavy atom. The van der Waals surface area contributed by atoms with Crippen molar-refractivity contribution in [2.24, 2.45) is 0 Å². The number of hydrogen-bond acceptors (Lipinski definition) is 4. The fourth-order valence-electron chi connectivity index (χ4n) is 1.43. The molecule has 1 aromatic rings. The molecule has 0 unspecified atom stereocenters. The summed E-state index contributed by atoms with van der Waals surface area (Å²) in [5.41, 5.74) is 6.30. The van der Waals surface area contributed by atoms with Gasteiger partial charge in [0.15, 0.2) is 0 Å². The molecule has 4 N–H and O–H groups in total. The number of thioether (sulfide) groups is 1. The molecule has 0 heterocycles. The number of benzene rings is 1. The summed E-state index contributed by atoms with van der Waals surface area (Å²) >= 11 is 1.53. The monoisotopic (exact) mass is 268 g/mol. The van der Waals surface area contributed by atoms with Gasteiger partial charge in [0.1, 0.15) is 6.04 Å². The van der Waals surface area contributed by atoms with Gasteiger partial charge < -0.3 is 16.2 Å². The molecular formula is C12H16N2O3S. The third-order valence-electron chi connectivity index (χ3n) is 2.42. The van der Waals surface area contributed by atoms with Crippen molar-refractivity contribution in [3.8, 4) is 0 Å². The lowest BCUT2D eigenvalue weighted by molar-refractivity contribution is -0.139. The maximum Gasteiger partial charge on any atom is 0.326 e. The second-order valence-corrected chi connectivity index (χ2v) is 4.72. The third kappa shape index (κ3) is 3.96. The highest BCUT2D eigenvalue weighted by Crippen LogP contribution is 2.11. The fourth-order valence-corrected chi connectivity index (χ4v) is 1.90. The van der Waals surface area contributed by atoms with Gasteiger partial charge >= 0.3 is 5.97 Å². The van der Waals surface area contributed by atoms with Crippen LogP contribution in [0, 0.1) is 0 Å². The summed E-state index contributed by atoms with van der Waals surface area (Å²) in [4.78, 5) is 22.9. The van der Waals surface area contributed by atoms with E-state index in [4.69, 9.17) is 10.8 Å². The Balaban J connectivity index is 2.72. The predicted molar refractivity (Wildman–Crippen MR) is 72.7 cm³/mol. The number of amides is 1. The van der Waals surface area contributed by atoms with Crippen molar-refractivity contribution < 1.29 is 14.7 Å². The molecule has 18 heavy (non-hydrogen) atoms. The van der Waals surface area contributed by atoms with Crippen LogP contribution in [-0.2, 0) is 4.79 Å². The van der Waals surface area contributed by atoms with E-state index in [1.807, 2.05) is 6.26 Å². The number of carbonyl (C=O) groups is 2. The molecular weight excluding hydrogens is 252 g/mol. The van der Waals surface area contributed by atoms with Gasteiger partial charge in [0.25, 0.3) is 5.91 Å². The lowest BCUT2D eigenvalue weighted by Crippen LogP contribution is -2.41. The molecule has 0 spiro atoms. The lowest BCUT2D eigenvalue weighted by atomic mass is 10.1. The number of carboxylic acids is 1. The maximum atomic E-state index is 11.9. The van der Waals surface area contributed by atoms with Crippen LogP contribution in [0.25, 0.3) is 0 Å². The Morgan fingerprint density at radius 3 is 2.67 bits per heavy atom. The second-order valence-electron chi connectivity index (χ2n) is 3.73. The van der Waals surface area contributed by atoms with Crippen molar-refractivity contribution in [1.82, 2.24) is 5.32 Å². The maximum absolute atomic E-state index is 11.9. The Morgan fingerprint density at radius 2 is 2.11 bits per heavy atom. The standard InChI is InChI=1S/C12H16N2O3S/c1-18-7-6-10(12(16)17)14-11(15)8-4-2-3-5-9(8)13/h2-5,10H,6-7,13H2,1H3,(H,14,15)(H,16,17)/t10-/m0/s1. The van der Waals surface area contributed by atoms with Gasteiger partial charge in [0.2, 0.25) is 0 Å². The molecule has 0 saturated heterocycles. The van der Waals surface area contributed by atoms with Crippen molar-refractivity contribution in [3.63, 3.8) is 0 Å². The van der Waals surface area contributed by atoms with Crippen LogP contribution in [0.4, 0.5) is 5.69 Å². The van der Waals surface area contributed by atoms with E-state index in [-0.39, 0.29) is 0 Å². The van der Waals surface area contributed by atoms with Gasteiger partial charge in [0, 0.05) is 5.69 Å². The minimum absolute atomic E-state index is 0.299. The Labute approximate surface area is 110 Å². The fraction of sp³-hybridized carbons (Fsp3) is 0.333. The summed E-state index contributed by atoms with van der Waals surface area (Å²) in [6, 6.07) is 5.69. The number of hydrogen-bond donors (Lipinski definition) is 3. The Hall–Kier alpha value is -1.69. The SMILES string of the molecule is CSCC[C@H](NC(=O)c1ccccc1N)C(=O)O. The predicted octanol–water partition coefficient (Wildman–Crippen LogP) is 1.20. The molecule has 0 radical (unpaired) electrons. The largest absolute Gasteiger partial charge is 0.480 e. The van der Waals surface area contributed by atoms with Crippen LogP contribution in [0.1, 0.15) is 16.8 Å². The molecule has 0 aromatic heterocycles. The van der Waals surface area contributed by atoms with Crippen molar-refractivity contribution in [1.29, 1.82) is 0 Å². The van der Waals surface area contributed by atoms with Gasteiger partial charge in [-0.25, -0.2) is 4.79 Å². The summed E-state index contributed by atoms with van der Waals surface area (Å²) in [6.07, 6.45) is 2.27. The molecule has 1 rings (SSSR count). The first-order valence-corrected chi connectivity index (χ1v) is 6.82. The van der Waals surface area contributed by atoms with Gasteiger partial charge in [0.05, 0.1) is 5.56 Å². The second kappa shape index (κ2) is 6.90. The highest BCUT2D eigenvalue weighted by molar-refractivity contribution is 7.98. The Bertz CT molecular complexity index is 437. The summed E-state index contributed by atoms with van der Waals surface area (Å²) in [5.74, 6) is -0.824. The van der Waals surface area contributed by atoms with E-state index in [9.17, 15) is 9.59 Å². The molecule has 1 aromatic carbocycles. The number of nitrogen functional groups attached to an aromatic ring is 1. The van der Waals surface area contributed by atoms with E-state index in [0.29, 0.717) is 23.4 Å². The van der Waals surface area contributed by atoms with Crippen LogP contribution in [0.15, 0.2) is 24.3 Å². The van der Waals surface area contributed by atoms with Gasteiger partial charge in [-0.05, 0) is 30.6 Å². The van der Waals surface area contributed by atoms with Crippen LogP contribution in [0.3, 0.4) is 0 Å². The average Bonchev–Trinajstić information content (AvgIpc) is 2.34. The highest BCUT2D eigenvalue weighted by Gasteiger charge is 2.20. The van der Waals surface area contributed by atoms with Gasteiger partial charge in [-0.2, -0.15) is 11.8 Å². The zero-order valence-electron chi connectivity index (χ0n) is 10.1. The third-order valence-corrected chi connectivity index (χ3v) is 3.06. The normalized spacial score (nSPS) is 11.8. The molecule has 1 atom stereocenters. The smallest absolute Gasteiger partial charge is 0.326 e. The summed E-state index contributed by atoms with van der Waals surface area (Å²) in [7, 11) is 0. The molecule has 0 saturated carbocycles. The van der Waals surface area contributed by atoms with Gasteiger partial charge in [-0.3, -0.25) is 4.79 Å². The lowest BCUT2D eigenvalue weighted by Gasteiger charge is -2.14. The molecule has 6 heteroatoms. The number of nitrogens with one attached hydrogen (secondary N) is 1. The highest BCUT2D eigenvalue weighted by atomic mass is 32.2. The number of anilines is 1. The zero-order chi connectivity index (χ0) is 13.5. The quantitative estimate of drug-likeness (QED) is 0.674. The van der Waals surface area contributed by atoms with Crippen LogP contribution < -0.4 is 11.1 Å². The zero-order valence-corrected chi connectivity index (χ0v) is 10.9. The number of rotatable bonds is 6. The summed E-state index contributed by atoms with van der Waals surface area (Å²) in [6.45, 7) is 0. The van der Waals surface area contributed by atoms with Gasteiger partial charge in [-0.1, -0.05) is 12.1 Å². The molecule has 5 nitrogen and oxygen atoms in total. The van der Waals surface area contributed by atoms with E-state index in [1.54, 1.807) is 24.3 Å².